The van der Waals surface area contributed by atoms with E-state index in [4.69, 9.17) is 4.74 Å². The van der Waals surface area contributed by atoms with Gasteiger partial charge in [-0.1, -0.05) is 66.7 Å². The summed E-state index contributed by atoms with van der Waals surface area (Å²) in [6.45, 7) is 2.78. The van der Waals surface area contributed by atoms with Crippen molar-refractivity contribution in [3.63, 3.8) is 0 Å². The molecule has 6 rings (SSSR count). The van der Waals surface area contributed by atoms with E-state index in [2.05, 4.69) is 4.57 Å². The predicted molar refractivity (Wildman–Crippen MR) is 177 cm³/mol. The molecule has 1 atom stereocenters. The highest BCUT2D eigenvalue weighted by molar-refractivity contribution is 8.24. The zero-order chi connectivity index (χ0) is 31.6. The van der Waals surface area contributed by atoms with Crippen molar-refractivity contribution in [2.75, 3.05) is 31.1 Å². The third-order valence-electron chi connectivity index (χ3n) is 8.70. The fraction of sp³-hybridized carbons (Fsp3) is 0.314. The van der Waals surface area contributed by atoms with Gasteiger partial charge in [0.15, 0.2) is 0 Å². The van der Waals surface area contributed by atoms with Gasteiger partial charge in [0, 0.05) is 61.4 Å². The Morgan fingerprint density at radius 3 is 2.27 bits per heavy atom. The largest absolute Gasteiger partial charge is 0.490 e. The van der Waals surface area contributed by atoms with Crippen molar-refractivity contribution in [1.82, 2.24) is 14.4 Å². The second-order valence-electron chi connectivity index (χ2n) is 11.8. The van der Waals surface area contributed by atoms with Crippen molar-refractivity contribution in [1.29, 1.82) is 0 Å². The van der Waals surface area contributed by atoms with Gasteiger partial charge in [-0.05, 0) is 42.7 Å². The van der Waals surface area contributed by atoms with Crippen molar-refractivity contribution in [3.8, 4) is 22.7 Å². The Morgan fingerprint density at radius 1 is 0.889 bits per heavy atom. The summed E-state index contributed by atoms with van der Waals surface area (Å²) < 4.78 is 28.4. The van der Waals surface area contributed by atoms with Crippen LogP contribution in [0.25, 0.3) is 16.9 Å². The van der Waals surface area contributed by atoms with Crippen LogP contribution in [0.3, 0.4) is 0 Å². The molecule has 0 spiro atoms. The van der Waals surface area contributed by atoms with Gasteiger partial charge in [-0.2, -0.15) is 10.6 Å². The van der Waals surface area contributed by atoms with Crippen LogP contribution >= 0.6 is 10.6 Å². The molecule has 1 aromatic heterocycles. The molecule has 4 aromatic rings. The van der Waals surface area contributed by atoms with Crippen molar-refractivity contribution in [3.05, 3.63) is 108 Å². The van der Waals surface area contributed by atoms with E-state index in [1.54, 1.807) is 0 Å². The molecule has 0 radical (unpaired) electrons. The highest BCUT2D eigenvalue weighted by atomic mass is 32.3. The lowest BCUT2D eigenvalue weighted by Gasteiger charge is -2.40. The Bertz CT molecular complexity index is 1650. The molecule has 0 saturated carbocycles. The molecule has 2 aliphatic heterocycles. The number of ether oxygens (including phenoxy) is 1. The molecule has 45 heavy (non-hydrogen) atoms. The summed E-state index contributed by atoms with van der Waals surface area (Å²) in [5.41, 5.74) is 4.99. The van der Waals surface area contributed by atoms with Gasteiger partial charge < -0.3 is 24.2 Å². The predicted octanol–water partition coefficient (Wildman–Crippen LogP) is 6.79. The van der Waals surface area contributed by atoms with E-state index in [1.165, 1.54) is 4.90 Å². The van der Waals surface area contributed by atoms with Crippen LogP contribution in [0.2, 0.25) is 0 Å². The highest BCUT2D eigenvalue weighted by Gasteiger charge is 2.35. The lowest BCUT2D eigenvalue weighted by molar-refractivity contribution is 0.0451. The first-order valence-corrected chi connectivity index (χ1v) is 17.2. The van der Waals surface area contributed by atoms with E-state index in [-0.39, 0.29) is 31.1 Å². The van der Waals surface area contributed by atoms with Crippen LogP contribution in [0.15, 0.2) is 91.0 Å². The Labute approximate surface area is 265 Å². The molecule has 2 fully saturated rings. The maximum atomic E-state index is 14.5. The van der Waals surface area contributed by atoms with E-state index >= 15 is 0 Å². The van der Waals surface area contributed by atoms with Crippen molar-refractivity contribution < 1.29 is 28.5 Å². The molecule has 2 aliphatic rings. The summed E-state index contributed by atoms with van der Waals surface area (Å²) in [6.07, 6.45) is 0.648. The smallest absolute Gasteiger partial charge is 0.407 e. The molecular formula is C35H39N3O6S. The van der Waals surface area contributed by atoms with E-state index in [1.807, 2.05) is 103 Å². The number of rotatable bonds is 7. The van der Waals surface area contributed by atoms with Crippen LogP contribution in [-0.2, 0) is 6.42 Å². The van der Waals surface area contributed by atoms with Crippen LogP contribution in [0.4, 0.5) is 4.79 Å². The molecule has 0 unspecified atom stereocenters. The summed E-state index contributed by atoms with van der Waals surface area (Å²) in [4.78, 5) is 29.7. The number of carbonyl (C=O) groups is 2. The lowest BCUT2D eigenvalue weighted by Crippen LogP contribution is -2.57. The van der Waals surface area contributed by atoms with Crippen molar-refractivity contribution >= 4 is 22.6 Å². The number of piperazine rings is 1. The number of carbonyl (C=O) groups excluding carboxylic acids is 1. The number of hydrogen-bond donors (Lipinski definition) is 3. The number of carboxylic acid groups (broad SMARTS) is 1. The second kappa shape index (κ2) is 13.0. The minimum Gasteiger partial charge on any atom is -0.490 e. The van der Waals surface area contributed by atoms with E-state index in [0.717, 1.165) is 28.2 Å². The summed E-state index contributed by atoms with van der Waals surface area (Å²) >= 11 is 0. The number of nitrogens with zero attached hydrogens (tertiary/aromatic N) is 3. The number of aryl methyl sites for hydroxylation is 1. The number of hydrogen-bond acceptors (Lipinski definition) is 5. The summed E-state index contributed by atoms with van der Waals surface area (Å²) in [7, 11) is -2.50. The van der Waals surface area contributed by atoms with Gasteiger partial charge in [0.2, 0.25) is 0 Å². The molecule has 9 nitrogen and oxygen atoms in total. The maximum absolute atomic E-state index is 14.5. The number of aromatic nitrogens is 1. The molecule has 3 heterocycles. The van der Waals surface area contributed by atoms with Gasteiger partial charge in [0.05, 0.1) is 17.3 Å². The molecule has 236 valence electrons. The molecular weight excluding hydrogens is 590 g/mol. The normalized spacial score (nSPS) is 19.2. The zero-order valence-electron chi connectivity index (χ0n) is 25.3. The Kier molecular flexibility index (Phi) is 8.89. The topological polar surface area (TPSA) is 115 Å². The van der Waals surface area contributed by atoms with E-state index < -0.39 is 16.7 Å². The first-order valence-electron chi connectivity index (χ1n) is 15.3. The number of amides is 2. The highest BCUT2D eigenvalue weighted by Crippen LogP contribution is 2.44. The van der Waals surface area contributed by atoms with Gasteiger partial charge in [-0.15, -0.1) is 0 Å². The summed E-state index contributed by atoms with van der Waals surface area (Å²) in [5.74, 6) is 1.26. The standard InChI is InChI=1S/C35H39N3O6S/c1-25-21-32(34(39)37-18-17-36(35(40)41)24-29(37)22-26-9-4-2-5-10-26)33(27-11-6-3-7-12-27)38(25)28-13-8-14-31(23-28)44-30-15-19-45(42,43)20-16-30/h2-14,21,23,29-30,42-43H,15-20,22,24H2,1H3,(H,40,41)/t29-/m1/s1. The van der Waals surface area contributed by atoms with Crippen LogP contribution in [0.1, 0.15) is 34.5 Å². The average molecular weight is 630 g/mol. The van der Waals surface area contributed by atoms with Crippen LogP contribution in [-0.4, -0.2) is 83.9 Å². The monoisotopic (exact) mass is 629 g/mol. The summed E-state index contributed by atoms with van der Waals surface area (Å²) in [5, 5.41) is 9.76. The van der Waals surface area contributed by atoms with Gasteiger partial charge >= 0.3 is 6.09 Å². The van der Waals surface area contributed by atoms with Crippen LogP contribution in [0, 0.1) is 6.92 Å². The van der Waals surface area contributed by atoms with E-state index in [9.17, 15) is 23.8 Å². The SMILES string of the molecule is Cc1cc(C(=O)N2CCN(C(=O)O)C[C@H]2Cc2ccccc2)c(-c2ccccc2)n1-c1cccc(OC2CCS(O)(O)CC2)c1. The quantitative estimate of drug-likeness (QED) is 0.207. The van der Waals surface area contributed by atoms with Gasteiger partial charge in [-0.25, -0.2) is 4.79 Å². The van der Waals surface area contributed by atoms with Gasteiger partial charge in [0.1, 0.15) is 11.9 Å². The third-order valence-corrected chi connectivity index (χ3v) is 10.5. The molecule has 3 N–H and O–H groups in total. The third kappa shape index (κ3) is 6.88. The molecule has 10 heteroatoms. The molecule has 0 bridgehead atoms. The lowest BCUT2D eigenvalue weighted by atomic mass is 10.00. The molecule has 3 aromatic carbocycles. The van der Waals surface area contributed by atoms with Gasteiger partial charge in [0.25, 0.3) is 5.91 Å². The minimum atomic E-state index is -2.50. The van der Waals surface area contributed by atoms with Gasteiger partial charge in [-0.3, -0.25) is 13.9 Å². The first kappa shape index (κ1) is 30.8. The van der Waals surface area contributed by atoms with Crippen LogP contribution in [0.5, 0.6) is 5.75 Å². The second-order valence-corrected chi connectivity index (χ2v) is 14.3. The van der Waals surface area contributed by atoms with Crippen molar-refractivity contribution in [2.24, 2.45) is 0 Å². The zero-order valence-corrected chi connectivity index (χ0v) is 26.1. The molecule has 2 amide bonds. The Balaban J connectivity index is 1.36. The Hall–Kier alpha value is -4.25. The van der Waals surface area contributed by atoms with E-state index in [0.29, 0.717) is 48.6 Å². The first-order chi connectivity index (χ1) is 21.7. The molecule has 2 saturated heterocycles. The fourth-order valence-electron chi connectivity index (χ4n) is 6.42. The fourth-order valence-corrected chi connectivity index (χ4v) is 7.90. The Morgan fingerprint density at radius 2 is 1.58 bits per heavy atom. The summed E-state index contributed by atoms with van der Waals surface area (Å²) in [6, 6.07) is 29.1. The van der Waals surface area contributed by atoms with Crippen molar-refractivity contribution in [2.45, 2.75) is 38.3 Å². The molecule has 0 aliphatic carbocycles. The maximum Gasteiger partial charge on any atom is 0.407 e. The van der Waals surface area contributed by atoms with Crippen LogP contribution < -0.4 is 4.74 Å². The average Bonchev–Trinajstić information content (AvgIpc) is 3.39. The minimum absolute atomic E-state index is 0.0947. The number of benzene rings is 3.